The van der Waals surface area contributed by atoms with Crippen molar-refractivity contribution >= 4 is 11.7 Å². The Kier molecular flexibility index (Phi) is 6.85. The van der Waals surface area contributed by atoms with Crippen molar-refractivity contribution in [3.8, 4) is 5.75 Å². The summed E-state index contributed by atoms with van der Waals surface area (Å²) in [5, 5.41) is 3.03. The molecule has 1 unspecified atom stereocenters. The van der Waals surface area contributed by atoms with Gasteiger partial charge in [-0.15, -0.1) is 0 Å². The van der Waals surface area contributed by atoms with E-state index in [0.717, 1.165) is 12.8 Å². The van der Waals surface area contributed by atoms with Gasteiger partial charge in [-0.1, -0.05) is 42.5 Å². The van der Waals surface area contributed by atoms with Crippen molar-refractivity contribution in [2.24, 2.45) is 5.92 Å². The first-order valence-electron chi connectivity index (χ1n) is 10.1. The summed E-state index contributed by atoms with van der Waals surface area (Å²) in [4.78, 5) is 23.9. The largest absolute Gasteiger partial charge is 0.481 e. The first-order chi connectivity index (χ1) is 13.5. The molecule has 0 radical (unpaired) electrons. The number of carbonyl (C=O) groups excluding carboxylic acids is 2. The number of nitrogens with one attached hydrogen (secondary N) is 1. The molecule has 28 heavy (non-hydrogen) atoms. The summed E-state index contributed by atoms with van der Waals surface area (Å²) in [5.74, 6) is 1.58. The highest BCUT2D eigenvalue weighted by molar-refractivity contribution is 5.94. The fourth-order valence-corrected chi connectivity index (χ4v) is 3.86. The maximum atomic E-state index is 12.4. The molecule has 3 rings (SSSR count). The van der Waals surface area contributed by atoms with Crippen molar-refractivity contribution in [1.82, 2.24) is 5.32 Å². The van der Waals surface area contributed by atoms with Crippen LogP contribution >= 0.6 is 0 Å². The van der Waals surface area contributed by atoms with Gasteiger partial charge in [-0.25, -0.2) is 0 Å². The molecule has 1 saturated carbocycles. The molecule has 1 fully saturated rings. The number of Topliss-reactive ketones (excluding diaryl/α,β-unsaturated/α-hetero) is 1. The first kappa shape index (κ1) is 20.1. The highest BCUT2D eigenvalue weighted by Gasteiger charge is 2.23. The molecule has 148 valence electrons. The van der Waals surface area contributed by atoms with Gasteiger partial charge in [-0.05, 0) is 69.1 Å². The Labute approximate surface area is 167 Å². The zero-order chi connectivity index (χ0) is 19.9. The van der Waals surface area contributed by atoms with Gasteiger partial charge in [0.05, 0.1) is 0 Å². The second-order valence-electron chi connectivity index (χ2n) is 7.72. The van der Waals surface area contributed by atoms with E-state index < -0.39 is 6.10 Å². The van der Waals surface area contributed by atoms with E-state index >= 15 is 0 Å². The van der Waals surface area contributed by atoms with Gasteiger partial charge in [-0.3, -0.25) is 9.59 Å². The van der Waals surface area contributed by atoms with E-state index in [4.69, 9.17) is 4.74 Å². The number of rotatable bonds is 7. The number of hydrogen-bond acceptors (Lipinski definition) is 3. The summed E-state index contributed by atoms with van der Waals surface area (Å²) in [5.41, 5.74) is 2.01. The van der Waals surface area contributed by atoms with E-state index in [9.17, 15) is 9.59 Å². The SMILES string of the molecule is CC(=O)c1cccc(OC(C)C(=O)NCC2CCC(c3ccccc3)CC2)c1. The molecule has 2 aromatic carbocycles. The van der Waals surface area contributed by atoms with E-state index in [-0.39, 0.29) is 11.7 Å². The normalized spacial score (nSPS) is 20.2. The van der Waals surface area contributed by atoms with Crippen LogP contribution in [0.5, 0.6) is 5.75 Å². The third kappa shape index (κ3) is 5.44. The monoisotopic (exact) mass is 379 g/mol. The number of amides is 1. The molecule has 1 aliphatic carbocycles. The molecule has 1 N–H and O–H groups in total. The lowest BCUT2D eigenvalue weighted by Gasteiger charge is -2.29. The van der Waals surface area contributed by atoms with Gasteiger partial charge >= 0.3 is 0 Å². The van der Waals surface area contributed by atoms with E-state index in [2.05, 4.69) is 35.6 Å². The standard InChI is InChI=1S/C24H29NO3/c1-17(26)22-9-6-10-23(15-22)28-18(2)24(27)25-16-19-11-13-21(14-12-19)20-7-4-3-5-8-20/h3-10,15,18-19,21H,11-14,16H2,1-2H3,(H,25,27). The summed E-state index contributed by atoms with van der Waals surface area (Å²) in [6, 6.07) is 17.7. The molecule has 1 atom stereocenters. The molecule has 1 aliphatic rings. The third-order valence-corrected chi connectivity index (χ3v) is 5.61. The lowest BCUT2D eigenvalue weighted by atomic mass is 9.79. The fourth-order valence-electron chi connectivity index (χ4n) is 3.86. The van der Waals surface area contributed by atoms with Crippen LogP contribution < -0.4 is 10.1 Å². The van der Waals surface area contributed by atoms with Crippen molar-refractivity contribution < 1.29 is 14.3 Å². The molecule has 0 heterocycles. The predicted molar refractivity (Wildman–Crippen MR) is 111 cm³/mol. The van der Waals surface area contributed by atoms with Crippen molar-refractivity contribution in [1.29, 1.82) is 0 Å². The van der Waals surface area contributed by atoms with Crippen LogP contribution in [0.1, 0.15) is 61.4 Å². The van der Waals surface area contributed by atoms with Gasteiger partial charge in [0.1, 0.15) is 5.75 Å². The number of ketones is 1. The summed E-state index contributed by atoms with van der Waals surface area (Å²) >= 11 is 0. The average molecular weight is 380 g/mol. The lowest BCUT2D eigenvalue weighted by Crippen LogP contribution is -2.39. The number of benzene rings is 2. The Morgan fingerprint density at radius 1 is 1.04 bits per heavy atom. The van der Waals surface area contributed by atoms with Crippen LogP contribution in [0, 0.1) is 5.92 Å². The van der Waals surface area contributed by atoms with E-state index in [1.807, 2.05) is 0 Å². The van der Waals surface area contributed by atoms with Crippen molar-refractivity contribution in [2.75, 3.05) is 6.54 Å². The number of ether oxygens (including phenoxy) is 1. The highest BCUT2D eigenvalue weighted by atomic mass is 16.5. The molecule has 4 heteroatoms. The molecule has 0 spiro atoms. The third-order valence-electron chi connectivity index (χ3n) is 5.61. The van der Waals surface area contributed by atoms with Crippen LogP contribution in [0.3, 0.4) is 0 Å². The molecular formula is C24H29NO3. The smallest absolute Gasteiger partial charge is 0.260 e. The summed E-state index contributed by atoms with van der Waals surface area (Å²) in [7, 11) is 0. The second-order valence-corrected chi connectivity index (χ2v) is 7.72. The summed E-state index contributed by atoms with van der Waals surface area (Å²) in [6.45, 7) is 3.95. The fraction of sp³-hybridized carbons (Fsp3) is 0.417. The second kappa shape index (κ2) is 9.54. The molecule has 0 aliphatic heterocycles. The van der Waals surface area contributed by atoms with E-state index in [0.29, 0.717) is 29.7 Å². The topological polar surface area (TPSA) is 55.4 Å². The van der Waals surface area contributed by atoms with Crippen LogP contribution in [0.25, 0.3) is 0 Å². The Balaban J connectivity index is 1.43. The van der Waals surface area contributed by atoms with Crippen LogP contribution in [0.4, 0.5) is 0 Å². The molecule has 1 amide bonds. The minimum Gasteiger partial charge on any atom is -0.481 e. The summed E-state index contributed by atoms with van der Waals surface area (Å²) < 4.78 is 5.72. The van der Waals surface area contributed by atoms with Crippen LogP contribution in [-0.4, -0.2) is 24.3 Å². The average Bonchev–Trinajstić information content (AvgIpc) is 2.73. The Morgan fingerprint density at radius 3 is 2.43 bits per heavy atom. The zero-order valence-electron chi connectivity index (χ0n) is 16.7. The zero-order valence-corrected chi connectivity index (χ0v) is 16.7. The first-order valence-corrected chi connectivity index (χ1v) is 10.1. The van der Waals surface area contributed by atoms with Gasteiger partial charge in [0.25, 0.3) is 5.91 Å². The van der Waals surface area contributed by atoms with Crippen LogP contribution in [0.15, 0.2) is 54.6 Å². The van der Waals surface area contributed by atoms with Gasteiger partial charge in [-0.2, -0.15) is 0 Å². The van der Waals surface area contributed by atoms with Gasteiger partial charge < -0.3 is 10.1 Å². The predicted octanol–water partition coefficient (Wildman–Crippen LogP) is 4.75. The van der Waals surface area contributed by atoms with Crippen molar-refractivity contribution in [3.05, 3.63) is 65.7 Å². The maximum absolute atomic E-state index is 12.4. The Hall–Kier alpha value is -2.62. The minimum atomic E-state index is -0.595. The summed E-state index contributed by atoms with van der Waals surface area (Å²) in [6.07, 6.45) is 4.02. The van der Waals surface area contributed by atoms with Gasteiger partial charge in [0.15, 0.2) is 11.9 Å². The molecular weight excluding hydrogens is 350 g/mol. The number of carbonyl (C=O) groups is 2. The maximum Gasteiger partial charge on any atom is 0.260 e. The van der Waals surface area contributed by atoms with Gasteiger partial charge in [0, 0.05) is 12.1 Å². The van der Waals surface area contributed by atoms with Crippen molar-refractivity contribution in [3.63, 3.8) is 0 Å². The molecule has 4 nitrogen and oxygen atoms in total. The lowest BCUT2D eigenvalue weighted by molar-refractivity contribution is -0.127. The van der Waals surface area contributed by atoms with E-state index in [1.54, 1.807) is 31.2 Å². The Morgan fingerprint density at radius 2 is 1.75 bits per heavy atom. The molecule has 2 aromatic rings. The molecule has 0 saturated heterocycles. The highest BCUT2D eigenvalue weighted by Crippen LogP contribution is 2.35. The van der Waals surface area contributed by atoms with Crippen LogP contribution in [-0.2, 0) is 4.79 Å². The minimum absolute atomic E-state index is 0.0198. The number of hydrogen-bond donors (Lipinski definition) is 1. The van der Waals surface area contributed by atoms with Crippen LogP contribution in [0.2, 0.25) is 0 Å². The van der Waals surface area contributed by atoms with E-state index in [1.165, 1.54) is 25.3 Å². The van der Waals surface area contributed by atoms with Crippen molar-refractivity contribution in [2.45, 2.75) is 51.6 Å². The van der Waals surface area contributed by atoms with Gasteiger partial charge in [0.2, 0.25) is 0 Å². The Bertz CT molecular complexity index is 795. The molecule has 0 aromatic heterocycles. The molecule has 0 bridgehead atoms. The quantitative estimate of drug-likeness (QED) is 0.707.